The van der Waals surface area contributed by atoms with Gasteiger partial charge < -0.3 is 0 Å². The molecule has 10 aromatic carbocycles. The van der Waals surface area contributed by atoms with Crippen LogP contribution in [0.1, 0.15) is 0 Å². The van der Waals surface area contributed by atoms with E-state index in [0.717, 1.165) is 0 Å². The van der Waals surface area contributed by atoms with Gasteiger partial charge in [0.25, 0.3) is 0 Å². The van der Waals surface area contributed by atoms with Crippen molar-refractivity contribution in [3.05, 3.63) is 158 Å². The monoisotopic (exact) mass is 666 g/mol. The van der Waals surface area contributed by atoms with Gasteiger partial charge in [0.05, 0.1) is 0 Å². The van der Waals surface area contributed by atoms with E-state index < -0.39 is 0 Å². The van der Waals surface area contributed by atoms with Crippen molar-refractivity contribution in [2.45, 2.75) is 0 Å². The standard InChI is InChI=1S/C48H26S2/c1-3-9-31-27(7-1)19-25-41-45(31)39-13-5-11-37(47(39)49-41)33-21-15-29-18-24-36-34(22-16-30-17-23-35(33)43(29)44(30)36)38-12-6-14-40-46-32-10-4-2-8-28(32)20-26-42(46)50-48(38)40/h1-26H. The van der Waals surface area contributed by atoms with Crippen LogP contribution < -0.4 is 0 Å². The van der Waals surface area contributed by atoms with E-state index in [-0.39, 0.29) is 0 Å². The lowest BCUT2D eigenvalue weighted by atomic mass is 9.87. The molecule has 0 radical (unpaired) electrons. The second-order valence-corrected chi connectivity index (χ2v) is 15.6. The Kier molecular flexibility index (Phi) is 5.35. The third kappa shape index (κ3) is 3.54. The summed E-state index contributed by atoms with van der Waals surface area (Å²) in [5, 5.41) is 18.6. The number of fused-ring (bicyclic) bond motifs is 10. The van der Waals surface area contributed by atoms with Crippen LogP contribution in [-0.2, 0) is 0 Å². The minimum Gasteiger partial charge on any atom is -0.135 e. The quantitative estimate of drug-likeness (QED) is 0.161. The van der Waals surface area contributed by atoms with Crippen LogP contribution in [0, 0.1) is 0 Å². The molecule has 0 aliphatic carbocycles. The van der Waals surface area contributed by atoms with Gasteiger partial charge in [-0.3, -0.25) is 0 Å². The number of benzene rings is 10. The van der Waals surface area contributed by atoms with Crippen LogP contribution in [0.2, 0.25) is 0 Å². The normalized spacial score (nSPS) is 12.4. The molecule has 0 amide bonds. The highest BCUT2D eigenvalue weighted by Crippen LogP contribution is 2.49. The number of thiophene rings is 2. The molecule has 0 saturated carbocycles. The fourth-order valence-electron chi connectivity index (χ4n) is 8.83. The maximum absolute atomic E-state index is 2.36. The summed E-state index contributed by atoms with van der Waals surface area (Å²) in [7, 11) is 0. The van der Waals surface area contributed by atoms with Crippen molar-refractivity contribution in [2.24, 2.45) is 0 Å². The Hall–Kier alpha value is -5.80. The fourth-order valence-corrected chi connectivity index (χ4v) is 11.3. The molecule has 230 valence electrons. The molecule has 12 aromatic rings. The highest BCUT2D eigenvalue weighted by atomic mass is 32.1. The van der Waals surface area contributed by atoms with Crippen molar-refractivity contribution < 1.29 is 0 Å². The molecule has 0 N–H and O–H groups in total. The summed E-state index contributed by atoms with van der Waals surface area (Å²) in [6.45, 7) is 0. The molecule has 0 atom stereocenters. The largest absolute Gasteiger partial charge is 0.135 e. The van der Waals surface area contributed by atoms with Crippen LogP contribution in [0.5, 0.6) is 0 Å². The predicted molar refractivity (Wildman–Crippen MR) is 222 cm³/mol. The average Bonchev–Trinajstić information content (AvgIpc) is 3.76. The summed E-state index contributed by atoms with van der Waals surface area (Å²) >= 11 is 3.84. The highest BCUT2D eigenvalue weighted by molar-refractivity contribution is 7.27. The Morgan fingerprint density at radius 2 is 0.660 bits per heavy atom. The van der Waals surface area contributed by atoms with E-state index in [0.29, 0.717) is 0 Å². The zero-order chi connectivity index (χ0) is 32.5. The van der Waals surface area contributed by atoms with Crippen LogP contribution in [0.4, 0.5) is 0 Å². The van der Waals surface area contributed by atoms with Crippen LogP contribution in [0.3, 0.4) is 0 Å². The van der Waals surface area contributed by atoms with Crippen molar-refractivity contribution >= 4 is 117 Å². The lowest BCUT2D eigenvalue weighted by molar-refractivity contribution is 1.72. The Labute approximate surface area is 295 Å². The molecular weight excluding hydrogens is 641 g/mol. The molecule has 0 aliphatic rings. The first kappa shape index (κ1) is 27.1. The molecule has 0 saturated heterocycles. The molecule has 0 fully saturated rings. The molecule has 0 unspecified atom stereocenters. The maximum Gasteiger partial charge on any atom is 0.0434 e. The molecule has 12 rings (SSSR count). The van der Waals surface area contributed by atoms with Gasteiger partial charge in [0.1, 0.15) is 0 Å². The van der Waals surface area contributed by atoms with Gasteiger partial charge in [-0.1, -0.05) is 146 Å². The van der Waals surface area contributed by atoms with Crippen molar-refractivity contribution in [3.8, 4) is 22.3 Å². The summed E-state index contributed by atoms with van der Waals surface area (Å²) in [4.78, 5) is 0. The maximum atomic E-state index is 2.36. The molecule has 0 aliphatic heterocycles. The predicted octanol–water partition coefficient (Wildman–Crippen LogP) is 15.0. The van der Waals surface area contributed by atoms with Crippen molar-refractivity contribution in [1.29, 1.82) is 0 Å². The van der Waals surface area contributed by atoms with Crippen molar-refractivity contribution in [3.63, 3.8) is 0 Å². The van der Waals surface area contributed by atoms with E-state index in [4.69, 9.17) is 0 Å². The molecule has 2 heterocycles. The van der Waals surface area contributed by atoms with Gasteiger partial charge in [-0.2, -0.15) is 0 Å². The summed E-state index contributed by atoms with van der Waals surface area (Å²) in [5.74, 6) is 0. The molecule has 0 bridgehead atoms. The van der Waals surface area contributed by atoms with Crippen LogP contribution in [0.15, 0.2) is 158 Å². The minimum absolute atomic E-state index is 1.29. The molecule has 0 spiro atoms. The van der Waals surface area contributed by atoms with Crippen molar-refractivity contribution in [2.75, 3.05) is 0 Å². The van der Waals surface area contributed by atoms with Gasteiger partial charge >= 0.3 is 0 Å². The number of rotatable bonds is 2. The second kappa shape index (κ2) is 9.89. The van der Waals surface area contributed by atoms with Crippen LogP contribution in [0.25, 0.3) is 116 Å². The number of hydrogen-bond donors (Lipinski definition) is 0. The first-order valence-corrected chi connectivity index (χ1v) is 18.8. The van der Waals surface area contributed by atoms with E-state index in [9.17, 15) is 0 Å². The Balaban J connectivity index is 1.13. The topological polar surface area (TPSA) is 0 Å². The van der Waals surface area contributed by atoms with E-state index in [1.165, 1.54) is 116 Å². The smallest absolute Gasteiger partial charge is 0.0434 e. The Bertz CT molecular complexity index is 3150. The SMILES string of the molecule is c1ccc2c(c1)ccc1sc3c(-c4ccc5ccc6c(-c7cccc8c7sc7ccc9ccccc9c78)ccc7ccc4c5c76)cccc3c12. The fraction of sp³-hybridized carbons (Fsp3) is 0. The van der Waals surface area contributed by atoms with Crippen LogP contribution in [-0.4, -0.2) is 0 Å². The summed E-state index contributed by atoms with van der Waals surface area (Å²) < 4.78 is 5.41. The zero-order valence-corrected chi connectivity index (χ0v) is 28.5. The van der Waals surface area contributed by atoms with E-state index in [1.807, 2.05) is 22.7 Å². The average molecular weight is 667 g/mol. The molecule has 50 heavy (non-hydrogen) atoms. The molecule has 2 heteroatoms. The van der Waals surface area contributed by atoms with Crippen molar-refractivity contribution in [1.82, 2.24) is 0 Å². The Morgan fingerprint density at radius 3 is 1.16 bits per heavy atom. The van der Waals surface area contributed by atoms with Gasteiger partial charge in [0, 0.05) is 51.5 Å². The summed E-state index contributed by atoms with van der Waals surface area (Å²) in [6, 6.07) is 59.2. The number of hydrogen-bond acceptors (Lipinski definition) is 2. The van der Waals surface area contributed by atoms with Crippen LogP contribution >= 0.6 is 22.7 Å². The van der Waals surface area contributed by atoms with E-state index >= 15 is 0 Å². The lowest BCUT2D eigenvalue weighted by Gasteiger charge is -2.17. The van der Waals surface area contributed by atoms with E-state index in [1.54, 1.807) is 0 Å². The van der Waals surface area contributed by atoms with Gasteiger partial charge in [-0.05, 0) is 77.1 Å². The second-order valence-electron chi connectivity index (χ2n) is 13.5. The zero-order valence-electron chi connectivity index (χ0n) is 26.8. The van der Waals surface area contributed by atoms with E-state index in [2.05, 4.69) is 158 Å². The summed E-state index contributed by atoms with van der Waals surface area (Å²) in [6.07, 6.45) is 0. The molecule has 2 aromatic heterocycles. The van der Waals surface area contributed by atoms with Gasteiger partial charge in [-0.25, -0.2) is 0 Å². The van der Waals surface area contributed by atoms with Gasteiger partial charge in [0.15, 0.2) is 0 Å². The summed E-state index contributed by atoms with van der Waals surface area (Å²) in [5.41, 5.74) is 5.23. The third-order valence-electron chi connectivity index (χ3n) is 11.0. The molecule has 0 nitrogen and oxygen atoms in total. The highest BCUT2D eigenvalue weighted by Gasteiger charge is 2.19. The van der Waals surface area contributed by atoms with Gasteiger partial charge in [0.2, 0.25) is 0 Å². The lowest BCUT2D eigenvalue weighted by Crippen LogP contribution is -1.89. The molecular formula is C48H26S2. The first-order valence-electron chi connectivity index (χ1n) is 17.2. The Morgan fingerprint density at radius 1 is 0.240 bits per heavy atom. The van der Waals surface area contributed by atoms with Gasteiger partial charge in [-0.15, -0.1) is 22.7 Å². The third-order valence-corrected chi connectivity index (χ3v) is 13.4. The minimum atomic E-state index is 1.29. The first-order chi connectivity index (χ1) is 24.8.